The Kier molecular flexibility index (Phi) is 5.38. The number of piperazine rings is 1. The maximum absolute atomic E-state index is 14.0. The molecule has 6 rings (SSSR count). The summed E-state index contributed by atoms with van der Waals surface area (Å²) in [5.41, 5.74) is 8.50. The number of nitrogens with one attached hydrogen (secondary N) is 2. The average Bonchev–Trinajstić information content (AvgIpc) is 3.48. The van der Waals surface area contributed by atoms with Crippen molar-refractivity contribution in [3.63, 3.8) is 0 Å². The summed E-state index contributed by atoms with van der Waals surface area (Å²) in [4.78, 5) is 44.7. The lowest BCUT2D eigenvalue weighted by Gasteiger charge is -2.52. The largest absolute Gasteiger partial charge is 0.463 e. The normalized spacial score (nSPS) is 24.2. The molecule has 2 amide bonds. The molecule has 4 heterocycles. The summed E-state index contributed by atoms with van der Waals surface area (Å²) in [7, 11) is 0. The number of ether oxygens (including phenoxy) is 3. The number of aromatic amines is 1. The third kappa shape index (κ3) is 3.71. The van der Waals surface area contributed by atoms with Gasteiger partial charge in [-0.2, -0.15) is 0 Å². The number of aromatic nitrogens is 1. The molecule has 192 valence electrons. The first-order chi connectivity index (χ1) is 17.8. The van der Waals surface area contributed by atoms with E-state index in [2.05, 4.69) is 10.3 Å². The number of carbonyl (C=O) groups is 3. The van der Waals surface area contributed by atoms with E-state index >= 15 is 0 Å². The predicted octanol–water partition coefficient (Wildman–Crippen LogP) is 2.26. The van der Waals surface area contributed by atoms with Crippen molar-refractivity contribution in [1.29, 1.82) is 0 Å². The zero-order chi connectivity index (χ0) is 25.9. The van der Waals surface area contributed by atoms with Crippen LogP contribution in [-0.4, -0.2) is 52.3 Å². The maximum atomic E-state index is 14.0. The molecule has 0 unspecified atom stereocenters. The van der Waals surface area contributed by atoms with Gasteiger partial charge in [0.2, 0.25) is 12.7 Å². The van der Waals surface area contributed by atoms with E-state index in [1.807, 2.05) is 36.4 Å². The number of para-hydroxylation sites is 1. The molecule has 0 bridgehead atoms. The van der Waals surface area contributed by atoms with E-state index in [9.17, 15) is 14.4 Å². The van der Waals surface area contributed by atoms with E-state index in [4.69, 9.17) is 19.9 Å². The molecule has 0 saturated carbocycles. The summed E-state index contributed by atoms with van der Waals surface area (Å²) < 4.78 is 16.3. The predicted molar refractivity (Wildman–Crippen MR) is 133 cm³/mol. The van der Waals surface area contributed by atoms with E-state index in [1.165, 1.54) is 4.90 Å². The molecular weight excluding hydrogens is 476 g/mol. The minimum atomic E-state index is -1.62. The smallest absolute Gasteiger partial charge is 0.306 e. The molecular formula is C27H28N4O6. The van der Waals surface area contributed by atoms with Gasteiger partial charge in [-0.05, 0) is 49.6 Å². The fourth-order valence-electron chi connectivity index (χ4n) is 5.56. The number of rotatable bonds is 5. The fraction of sp³-hybridized carbons (Fsp3) is 0.370. The molecule has 3 aliphatic heterocycles. The number of nitrogens with zero attached hydrogens (tertiary/aromatic N) is 1. The van der Waals surface area contributed by atoms with Gasteiger partial charge in [0.1, 0.15) is 6.04 Å². The van der Waals surface area contributed by atoms with Crippen molar-refractivity contribution in [3.8, 4) is 11.5 Å². The first-order valence-electron chi connectivity index (χ1n) is 12.4. The SMILES string of the molecule is CC(C)OC(=O)CC[C@@H]1NC(=O)[C@@]2(N)Cc3c([nH]c4ccccc34)[C@@H](c3ccc4c(c3)OCO4)N2C1=O. The highest BCUT2D eigenvalue weighted by atomic mass is 16.7. The van der Waals surface area contributed by atoms with Gasteiger partial charge in [0, 0.05) is 29.4 Å². The number of hydrogen-bond acceptors (Lipinski definition) is 7. The maximum Gasteiger partial charge on any atom is 0.306 e. The van der Waals surface area contributed by atoms with Crippen LogP contribution in [0.4, 0.5) is 0 Å². The van der Waals surface area contributed by atoms with E-state index in [1.54, 1.807) is 19.9 Å². The van der Waals surface area contributed by atoms with Gasteiger partial charge in [-0.15, -0.1) is 0 Å². The lowest BCUT2D eigenvalue weighted by atomic mass is 9.81. The second-order valence-electron chi connectivity index (χ2n) is 9.99. The lowest BCUT2D eigenvalue weighted by Crippen LogP contribution is -2.77. The molecule has 10 nitrogen and oxygen atoms in total. The second-order valence-corrected chi connectivity index (χ2v) is 9.99. The first kappa shape index (κ1) is 23.4. The quantitative estimate of drug-likeness (QED) is 0.454. The number of amides is 2. The zero-order valence-corrected chi connectivity index (χ0v) is 20.6. The summed E-state index contributed by atoms with van der Waals surface area (Å²) in [6, 6.07) is 11.7. The van der Waals surface area contributed by atoms with Gasteiger partial charge in [0.25, 0.3) is 5.91 Å². The zero-order valence-electron chi connectivity index (χ0n) is 20.6. The number of fused-ring (bicyclic) bond motifs is 5. The summed E-state index contributed by atoms with van der Waals surface area (Å²) in [6.45, 7) is 3.63. The molecule has 3 aliphatic rings. The van der Waals surface area contributed by atoms with Crippen molar-refractivity contribution < 1.29 is 28.6 Å². The van der Waals surface area contributed by atoms with Crippen LogP contribution in [0.1, 0.15) is 49.6 Å². The molecule has 1 aromatic heterocycles. The molecule has 0 radical (unpaired) electrons. The minimum Gasteiger partial charge on any atom is -0.463 e. The van der Waals surface area contributed by atoms with Crippen LogP contribution in [0.25, 0.3) is 10.9 Å². The Labute approximate surface area is 213 Å². The third-order valence-corrected chi connectivity index (χ3v) is 7.21. The second kappa shape index (κ2) is 8.52. The molecule has 0 spiro atoms. The average molecular weight is 505 g/mol. The van der Waals surface area contributed by atoms with Gasteiger partial charge in [0.05, 0.1) is 12.1 Å². The van der Waals surface area contributed by atoms with Gasteiger partial charge in [-0.3, -0.25) is 14.4 Å². The molecule has 1 fully saturated rings. The van der Waals surface area contributed by atoms with Crippen molar-refractivity contribution >= 4 is 28.7 Å². The van der Waals surface area contributed by atoms with Crippen molar-refractivity contribution in [3.05, 3.63) is 59.3 Å². The first-order valence-corrected chi connectivity index (χ1v) is 12.4. The molecule has 4 N–H and O–H groups in total. The summed E-state index contributed by atoms with van der Waals surface area (Å²) in [5.74, 6) is -0.0714. The van der Waals surface area contributed by atoms with Crippen LogP contribution in [0.3, 0.4) is 0 Å². The van der Waals surface area contributed by atoms with Crippen LogP contribution in [0.2, 0.25) is 0 Å². The van der Waals surface area contributed by atoms with Crippen LogP contribution in [0, 0.1) is 0 Å². The number of H-pyrrole nitrogens is 1. The Morgan fingerprint density at radius 2 is 1.97 bits per heavy atom. The Balaban J connectivity index is 1.45. The van der Waals surface area contributed by atoms with Gasteiger partial charge in [-0.25, -0.2) is 0 Å². The van der Waals surface area contributed by atoms with Crippen LogP contribution >= 0.6 is 0 Å². The van der Waals surface area contributed by atoms with Crippen molar-refractivity contribution in [2.75, 3.05) is 6.79 Å². The van der Waals surface area contributed by atoms with Crippen LogP contribution in [0.15, 0.2) is 42.5 Å². The number of carbonyl (C=O) groups excluding carboxylic acids is 3. The Morgan fingerprint density at radius 3 is 2.78 bits per heavy atom. The highest BCUT2D eigenvalue weighted by Crippen LogP contribution is 2.46. The Bertz CT molecular complexity index is 1430. The molecule has 3 aromatic rings. The molecule has 2 aromatic carbocycles. The third-order valence-electron chi connectivity index (χ3n) is 7.21. The number of esters is 1. The van der Waals surface area contributed by atoms with Gasteiger partial charge in [-0.1, -0.05) is 24.3 Å². The van der Waals surface area contributed by atoms with Crippen molar-refractivity contribution in [2.45, 2.75) is 57.0 Å². The number of nitrogens with two attached hydrogens (primary N) is 1. The van der Waals surface area contributed by atoms with E-state index < -0.39 is 29.6 Å². The molecule has 37 heavy (non-hydrogen) atoms. The molecule has 0 aliphatic carbocycles. The standard InChI is InChI=1S/C27H28N4O6/c1-14(2)37-22(32)10-8-19-25(33)31-24(15-7-9-20-21(11-15)36-13-35-20)23-17(12-27(31,28)26(34)30-19)16-5-3-4-6-18(16)29-23/h3-7,9,11,14,19,24,29H,8,10,12-13,28H2,1-2H3,(H,30,34)/t19-,24+,27+/m0/s1. The lowest BCUT2D eigenvalue weighted by molar-refractivity contribution is -0.162. The van der Waals surface area contributed by atoms with Crippen LogP contribution in [0.5, 0.6) is 11.5 Å². The topological polar surface area (TPSA) is 136 Å². The van der Waals surface area contributed by atoms with Crippen molar-refractivity contribution in [2.24, 2.45) is 5.73 Å². The fourth-order valence-corrected chi connectivity index (χ4v) is 5.56. The molecule has 3 atom stereocenters. The molecule has 1 saturated heterocycles. The van der Waals surface area contributed by atoms with E-state index in [0.717, 1.165) is 27.7 Å². The Morgan fingerprint density at radius 1 is 1.19 bits per heavy atom. The van der Waals surface area contributed by atoms with Crippen LogP contribution < -0.4 is 20.5 Å². The summed E-state index contributed by atoms with van der Waals surface area (Å²) in [5, 5.41) is 3.73. The van der Waals surface area contributed by atoms with Crippen molar-refractivity contribution in [1.82, 2.24) is 15.2 Å². The number of hydrogen-bond donors (Lipinski definition) is 3. The van der Waals surface area contributed by atoms with E-state index in [0.29, 0.717) is 11.5 Å². The number of benzene rings is 2. The minimum absolute atomic E-state index is 0.00733. The van der Waals surface area contributed by atoms with E-state index in [-0.39, 0.29) is 38.1 Å². The summed E-state index contributed by atoms with van der Waals surface area (Å²) in [6.07, 6.45) is -0.0192. The summed E-state index contributed by atoms with van der Waals surface area (Å²) >= 11 is 0. The van der Waals surface area contributed by atoms with Gasteiger partial charge >= 0.3 is 5.97 Å². The highest BCUT2D eigenvalue weighted by molar-refractivity contribution is 6.01. The molecule has 10 heteroatoms. The van der Waals surface area contributed by atoms with Crippen LogP contribution in [-0.2, 0) is 25.5 Å². The highest BCUT2D eigenvalue weighted by Gasteiger charge is 2.57. The monoisotopic (exact) mass is 504 g/mol. The van der Waals surface area contributed by atoms with Gasteiger partial charge < -0.3 is 35.1 Å². The Hall–Kier alpha value is -4.05. The van der Waals surface area contributed by atoms with Gasteiger partial charge in [0.15, 0.2) is 17.2 Å².